The minimum atomic E-state index is -0.674. The molecule has 2 aromatic rings. The van der Waals surface area contributed by atoms with E-state index in [1.807, 2.05) is 18.3 Å². The lowest BCUT2D eigenvalue weighted by atomic mass is 9.77. The Morgan fingerprint density at radius 1 is 1.12 bits per heavy atom. The number of hydrogen-bond donors (Lipinski definition) is 2. The molecular formula is C27H40N2O3. The van der Waals surface area contributed by atoms with Gasteiger partial charge in [-0.25, -0.2) is 0 Å². The van der Waals surface area contributed by atoms with Crippen molar-refractivity contribution in [2.75, 3.05) is 13.7 Å². The number of aromatic nitrogens is 1. The third-order valence-electron chi connectivity index (χ3n) is 7.08. The molecule has 5 heteroatoms. The summed E-state index contributed by atoms with van der Waals surface area (Å²) in [7, 11) is 1.69. The number of nitrogens with zero attached hydrogens (tertiary/aromatic N) is 1. The Morgan fingerprint density at radius 2 is 1.97 bits per heavy atom. The summed E-state index contributed by atoms with van der Waals surface area (Å²) in [6, 6.07) is 8.69. The highest BCUT2D eigenvalue weighted by Crippen LogP contribution is 2.32. The van der Waals surface area contributed by atoms with E-state index < -0.39 is 5.97 Å². The molecular weight excluding hydrogens is 400 g/mol. The topological polar surface area (TPSA) is 71.5 Å². The molecule has 5 nitrogen and oxygen atoms in total. The van der Waals surface area contributed by atoms with Crippen LogP contribution in [0.5, 0.6) is 5.75 Å². The summed E-state index contributed by atoms with van der Waals surface area (Å²) in [6.07, 6.45) is 14.2. The molecule has 0 amide bonds. The first kappa shape index (κ1) is 24.5. The molecule has 176 valence electrons. The zero-order chi connectivity index (χ0) is 22.8. The maximum absolute atomic E-state index is 11.4. The molecule has 1 unspecified atom stereocenters. The summed E-state index contributed by atoms with van der Waals surface area (Å²) in [4.78, 5) is 15.9. The van der Waals surface area contributed by atoms with Crippen LogP contribution in [0.15, 0.2) is 30.5 Å². The van der Waals surface area contributed by atoms with Crippen LogP contribution >= 0.6 is 0 Å². The minimum Gasteiger partial charge on any atom is -0.497 e. The predicted octanol–water partition coefficient (Wildman–Crippen LogP) is 6.00. The summed E-state index contributed by atoms with van der Waals surface area (Å²) in [5.74, 6) is 0.897. The van der Waals surface area contributed by atoms with Crippen molar-refractivity contribution in [3.05, 3.63) is 36.0 Å². The summed E-state index contributed by atoms with van der Waals surface area (Å²) in [5, 5.41) is 14.2. The summed E-state index contributed by atoms with van der Waals surface area (Å²) in [6.45, 7) is 3.09. The molecule has 0 radical (unpaired) electrons. The molecule has 2 heterocycles. The van der Waals surface area contributed by atoms with Gasteiger partial charge in [-0.05, 0) is 80.3 Å². The number of carbonyl (C=O) groups is 1. The van der Waals surface area contributed by atoms with Crippen LogP contribution in [-0.2, 0) is 11.2 Å². The average molecular weight is 441 g/mol. The van der Waals surface area contributed by atoms with E-state index >= 15 is 0 Å². The standard InChI is InChI=1S/C27H40N2O3/c1-3-4-5-6-7-11-23-16-21(22(19-29-23)17-27(30)31)10-8-9-20-14-15-28-26-13-12-24(32-2)18-25(20)26/h12-15,18,21-23,29H,3-11,16-17,19H2,1-2H3,(H,30,31)/t21-,22+,23?/m1/s1. The highest BCUT2D eigenvalue weighted by Gasteiger charge is 2.31. The minimum absolute atomic E-state index is 0.234. The van der Waals surface area contributed by atoms with Crippen molar-refractivity contribution in [3.8, 4) is 5.75 Å². The van der Waals surface area contributed by atoms with Gasteiger partial charge < -0.3 is 15.2 Å². The van der Waals surface area contributed by atoms with E-state index in [2.05, 4.69) is 29.4 Å². The van der Waals surface area contributed by atoms with E-state index in [-0.39, 0.29) is 12.3 Å². The number of carboxylic acid groups (broad SMARTS) is 1. The summed E-state index contributed by atoms with van der Waals surface area (Å²) in [5.41, 5.74) is 2.29. The average Bonchev–Trinajstić information content (AvgIpc) is 2.80. The van der Waals surface area contributed by atoms with Crippen LogP contribution in [0.1, 0.15) is 76.7 Å². The molecule has 32 heavy (non-hydrogen) atoms. The monoisotopic (exact) mass is 440 g/mol. The van der Waals surface area contributed by atoms with Gasteiger partial charge in [0.1, 0.15) is 5.75 Å². The molecule has 0 aliphatic carbocycles. The van der Waals surface area contributed by atoms with Crippen molar-refractivity contribution < 1.29 is 14.6 Å². The Kier molecular flexibility index (Phi) is 9.79. The van der Waals surface area contributed by atoms with Gasteiger partial charge in [-0.3, -0.25) is 9.78 Å². The number of unbranched alkanes of at least 4 members (excludes halogenated alkanes) is 4. The zero-order valence-corrected chi connectivity index (χ0v) is 19.8. The Balaban J connectivity index is 1.57. The van der Waals surface area contributed by atoms with Crippen LogP contribution in [0.4, 0.5) is 0 Å². The van der Waals surface area contributed by atoms with Crippen LogP contribution in [0, 0.1) is 11.8 Å². The Morgan fingerprint density at radius 3 is 2.75 bits per heavy atom. The maximum Gasteiger partial charge on any atom is 0.303 e. The Labute approximate surface area is 193 Å². The number of fused-ring (bicyclic) bond motifs is 1. The molecule has 1 fully saturated rings. The van der Waals surface area contributed by atoms with Gasteiger partial charge in [0.2, 0.25) is 0 Å². The molecule has 0 saturated carbocycles. The lowest BCUT2D eigenvalue weighted by Crippen LogP contribution is -2.44. The number of piperidine rings is 1. The fourth-order valence-corrected chi connectivity index (χ4v) is 5.24. The largest absolute Gasteiger partial charge is 0.497 e. The fourth-order valence-electron chi connectivity index (χ4n) is 5.24. The quantitative estimate of drug-likeness (QED) is 0.374. The van der Waals surface area contributed by atoms with E-state index in [1.165, 1.54) is 44.1 Å². The number of rotatable bonds is 13. The normalized spacial score (nSPS) is 21.0. The number of pyridine rings is 1. The second kappa shape index (κ2) is 12.8. The Bertz CT molecular complexity index is 854. The van der Waals surface area contributed by atoms with Crippen molar-refractivity contribution in [2.24, 2.45) is 11.8 Å². The van der Waals surface area contributed by atoms with Crippen LogP contribution in [-0.4, -0.2) is 35.8 Å². The highest BCUT2D eigenvalue weighted by molar-refractivity contribution is 5.83. The number of aryl methyl sites for hydroxylation is 1. The summed E-state index contributed by atoms with van der Waals surface area (Å²) >= 11 is 0. The van der Waals surface area contributed by atoms with Crippen LogP contribution in [0.25, 0.3) is 10.9 Å². The number of benzene rings is 1. The van der Waals surface area contributed by atoms with Crippen LogP contribution < -0.4 is 10.1 Å². The SMILES string of the molecule is CCCCCCCC1C[C@@H](CCCc2ccnc3ccc(OC)cc23)[C@@H](CC(=O)O)CN1. The van der Waals surface area contributed by atoms with E-state index in [9.17, 15) is 9.90 Å². The predicted molar refractivity (Wildman–Crippen MR) is 130 cm³/mol. The molecule has 3 rings (SSSR count). The maximum atomic E-state index is 11.4. The molecule has 1 aromatic carbocycles. The van der Waals surface area contributed by atoms with Gasteiger partial charge in [0, 0.05) is 24.0 Å². The Hall–Kier alpha value is -2.14. The van der Waals surface area contributed by atoms with Crippen molar-refractivity contribution in [3.63, 3.8) is 0 Å². The van der Waals surface area contributed by atoms with E-state index in [0.717, 1.165) is 48.9 Å². The second-order valence-corrected chi connectivity index (χ2v) is 9.41. The molecule has 1 aliphatic rings. The zero-order valence-electron chi connectivity index (χ0n) is 19.8. The molecule has 1 saturated heterocycles. The number of nitrogens with one attached hydrogen (secondary N) is 1. The lowest BCUT2D eigenvalue weighted by Gasteiger charge is -2.37. The van der Waals surface area contributed by atoms with E-state index in [0.29, 0.717) is 12.0 Å². The number of ether oxygens (including phenoxy) is 1. The smallest absolute Gasteiger partial charge is 0.303 e. The molecule has 2 N–H and O–H groups in total. The first-order chi connectivity index (χ1) is 15.6. The summed E-state index contributed by atoms with van der Waals surface area (Å²) < 4.78 is 5.40. The molecule has 0 spiro atoms. The van der Waals surface area contributed by atoms with Gasteiger partial charge in [0.25, 0.3) is 0 Å². The molecule has 0 bridgehead atoms. The van der Waals surface area contributed by atoms with Crippen LogP contribution in [0.3, 0.4) is 0 Å². The molecule has 1 aliphatic heterocycles. The van der Waals surface area contributed by atoms with Crippen molar-refractivity contribution >= 4 is 16.9 Å². The van der Waals surface area contributed by atoms with Gasteiger partial charge >= 0.3 is 5.97 Å². The fraction of sp³-hybridized carbons (Fsp3) is 0.630. The third-order valence-corrected chi connectivity index (χ3v) is 7.08. The number of hydrogen-bond acceptors (Lipinski definition) is 4. The van der Waals surface area contributed by atoms with Crippen molar-refractivity contribution in [1.29, 1.82) is 0 Å². The van der Waals surface area contributed by atoms with E-state index in [1.54, 1.807) is 7.11 Å². The van der Waals surface area contributed by atoms with Gasteiger partial charge in [-0.15, -0.1) is 0 Å². The van der Waals surface area contributed by atoms with Crippen molar-refractivity contribution in [1.82, 2.24) is 10.3 Å². The number of aliphatic carboxylic acids is 1. The first-order valence-electron chi connectivity index (χ1n) is 12.5. The number of methoxy groups -OCH3 is 1. The second-order valence-electron chi connectivity index (χ2n) is 9.41. The molecule has 3 atom stereocenters. The first-order valence-corrected chi connectivity index (χ1v) is 12.5. The highest BCUT2D eigenvalue weighted by atomic mass is 16.5. The van der Waals surface area contributed by atoms with Crippen molar-refractivity contribution in [2.45, 2.75) is 83.6 Å². The van der Waals surface area contributed by atoms with Gasteiger partial charge in [-0.1, -0.05) is 39.0 Å². The number of carboxylic acids is 1. The van der Waals surface area contributed by atoms with Gasteiger partial charge in [0.05, 0.1) is 12.6 Å². The third kappa shape index (κ3) is 7.19. The van der Waals surface area contributed by atoms with Gasteiger partial charge in [-0.2, -0.15) is 0 Å². The molecule has 1 aromatic heterocycles. The lowest BCUT2D eigenvalue weighted by molar-refractivity contribution is -0.138. The van der Waals surface area contributed by atoms with E-state index in [4.69, 9.17) is 4.74 Å². The van der Waals surface area contributed by atoms with Gasteiger partial charge in [0.15, 0.2) is 0 Å². The van der Waals surface area contributed by atoms with Crippen LogP contribution in [0.2, 0.25) is 0 Å².